The maximum Gasteiger partial charge on any atom is 0.163 e. The molecule has 5 nitrogen and oxygen atoms in total. The van der Waals surface area contributed by atoms with E-state index in [1.165, 1.54) is 0 Å². The van der Waals surface area contributed by atoms with Crippen LogP contribution in [-0.2, 0) is 21.7 Å². The Balaban J connectivity index is 1.64. The average molecular weight is 480 g/mol. The number of hydrogen-bond donors (Lipinski definition) is 3. The van der Waals surface area contributed by atoms with Crippen molar-refractivity contribution in [2.75, 3.05) is 13.2 Å². The van der Waals surface area contributed by atoms with Gasteiger partial charge in [0, 0.05) is 18.0 Å². The minimum absolute atomic E-state index is 0.0103. The number of rotatable bonds is 5. The summed E-state index contributed by atoms with van der Waals surface area (Å²) < 4.78 is 57.3. The Morgan fingerprint density at radius 2 is 1.76 bits per heavy atom. The van der Waals surface area contributed by atoms with Crippen molar-refractivity contribution in [1.29, 1.82) is 0 Å². The number of halogens is 2. The van der Waals surface area contributed by atoms with Gasteiger partial charge in [-0.3, -0.25) is 0 Å². The van der Waals surface area contributed by atoms with Gasteiger partial charge >= 0.3 is 0 Å². The van der Waals surface area contributed by atoms with Gasteiger partial charge in [-0.25, -0.2) is 17.2 Å². The minimum Gasteiger partial charge on any atom is -0.395 e. The van der Waals surface area contributed by atoms with E-state index in [4.69, 9.17) is 0 Å². The molecule has 1 aliphatic carbocycles. The molecule has 2 aromatic rings. The lowest BCUT2D eigenvalue weighted by Gasteiger charge is -2.38. The first-order valence-electron chi connectivity index (χ1n) is 11.5. The highest BCUT2D eigenvalue weighted by atomic mass is 32.2. The molecule has 0 radical (unpaired) electrons. The quantitative estimate of drug-likeness (QED) is 0.613. The number of aliphatic hydroxyl groups is 2. The lowest BCUT2D eigenvalue weighted by molar-refractivity contribution is 0.0656. The third-order valence-corrected chi connectivity index (χ3v) is 10.2. The fourth-order valence-electron chi connectivity index (χ4n) is 5.34. The highest BCUT2D eigenvalue weighted by Crippen LogP contribution is 2.41. The SMILES string of the molecule is C[C@@H]1NC[C@@H](c2ccccc2)S(=O)(=O)C1Cc1cc(F)c(C2(CO)CCC(O)CC2)cc1F. The zero-order valence-electron chi connectivity index (χ0n) is 18.7. The minimum atomic E-state index is -3.67. The highest BCUT2D eigenvalue weighted by molar-refractivity contribution is 7.92. The molecule has 2 fully saturated rings. The molecule has 1 saturated carbocycles. The van der Waals surface area contributed by atoms with Gasteiger partial charge in [0.15, 0.2) is 9.84 Å². The molecule has 1 aliphatic heterocycles. The van der Waals surface area contributed by atoms with Crippen LogP contribution in [0.1, 0.15) is 54.5 Å². The molecule has 1 saturated heterocycles. The highest BCUT2D eigenvalue weighted by Gasteiger charge is 2.43. The molecule has 0 amide bonds. The van der Waals surface area contributed by atoms with Gasteiger partial charge in [-0.1, -0.05) is 30.3 Å². The number of hydrogen-bond acceptors (Lipinski definition) is 5. The van der Waals surface area contributed by atoms with E-state index in [2.05, 4.69) is 5.32 Å². The Hall–Kier alpha value is -1.87. The smallest absolute Gasteiger partial charge is 0.163 e. The van der Waals surface area contributed by atoms with E-state index in [1.54, 1.807) is 31.2 Å². The first-order chi connectivity index (χ1) is 15.7. The summed E-state index contributed by atoms with van der Waals surface area (Å²) >= 11 is 0. The number of aliphatic hydroxyl groups excluding tert-OH is 2. The summed E-state index contributed by atoms with van der Waals surface area (Å²) in [5.74, 6) is -1.32. The van der Waals surface area contributed by atoms with Crippen LogP contribution in [0.2, 0.25) is 0 Å². The summed E-state index contributed by atoms with van der Waals surface area (Å²) in [6.45, 7) is 1.68. The van der Waals surface area contributed by atoms with Crippen LogP contribution in [0.15, 0.2) is 42.5 Å². The Morgan fingerprint density at radius 1 is 1.09 bits per heavy atom. The molecule has 8 heteroatoms. The van der Waals surface area contributed by atoms with Crippen molar-refractivity contribution in [3.05, 3.63) is 70.8 Å². The Kier molecular flexibility index (Phi) is 6.92. The summed E-state index contributed by atoms with van der Waals surface area (Å²) in [4.78, 5) is 0. The van der Waals surface area contributed by atoms with Crippen LogP contribution in [0.3, 0.4) is 0 Å². The monoisotopic (exact) mass is 479 g/mol. The number of nitrogens with one attached hydrogen (secondary N) is 1. The van der Waals surface area contributed by atoms with E-state index < -0.39 is 49.5 Å². The normalized spacial score (nSPS) is 31.9. The summed E-state index contributed by atoms with van der Waals surface area (Å²) in [5, 5.41) is 21.4. The van der Waals surface area contributed by atoms with E-state index >= 15 is 8.78 Å². The van der Waals surface area contributed by atoms with Crippen LogP contribution < -0.4 is 5.32 Å². The van der Waals surface area contributed by atoms with Crippen molar-refractivity contribution < 1.29 is 27.4 Å². The van der Waals surface area contributed by atoms with Gasteiger partial charge in [-0.2, -0.15) is 0 Å². The van der Waals surface area contributed by atoms with E-state index in [9.17, 15) is 18.6 Å². The van der Waals surface area contributed by atoms with Crippen LogP contribution in [0.5, 0.6) is 0 Å². The lowest BCUT2D eigenvalue weighted by atomic mass is 9.69. The summed E-state index contributed by atoms with van der Waals surface area (Å²) in [5.41, 5.74) is -0.158. The zero-order valence-corrected chi connectivity index (χ0v) is 19.5. The third-order valence-electron chi connectivity index (χ3n) is 7.52. The predicted octanol–water partition coefficient (Wildman–Crippen LogP) is 3.19. The first kappa shape index (κ1) is 24.3. The Labute approximate surface area is 193 Å². The molecular weight excluding hydrogens is 448 g/mol. The third kappa shape index (κ3) is 4.58. The molecule has 3 N–H and O–H groups in total. The number of benzene rings is 2. The molecule has 4 rings (SSSR count). The second-order valence-corrected chi connectivity index (χ2v) is 11.9. The van der Waals surface area contributed by atoms with Crippen LogP contribution >= 0.6 is 0 Å². The molecule has 0 bridgehead atoms. The summed E-state index contributed by atoms with van der Waals surface area (Å²) in [6, 6.07) is 10.7. The Bertz CT molecular complexity index is 1090. The number of sulfone groups is 1. The van der Waals surface area contributed by atoms with Crippen molar-refractivity contribution in [2.24, 2.45) is 0 Å². The topological polar surface area (TPSA) is 86.6 Å². The molecular formula is C25H31F2NO4S. The van der Waals surface area contributed by atoms with Crippen molar-refractivity contribution in [3.63, 3.8) is 0 Å². The Morgan fingerprint density at radius 3 is 2.39 bits per heavy atom. The molecule has 33 heavy (non-hydrogen) atoms. The van der Waals surface area contributed by atoms with Crippen LogP contribution in [0, 0.1) is 11.6 Å². The molecule has 2 aliphatic rings. The van der Waals surface area contributed by atoms with E-state index in [0.717, 1.165) is 12.1 Å². The van der Waals surface area contributed by atoms with Crippen molar-refractivity contribution in [3.8, 4) is 0 Å². The van der Waals surface area contributed by atoms with E-state index in [-0.39, 0.29) is 30.7 Å². The van der Waals surface area contributed by atoms with Crippen molar-refractivity contribution in [2.45, 2.75) is 67.1 Å². The molecule has 3 atom stereocenters. The summed E-state index contributed by atoms with van der Waals surface area (Å²) in [7, 11) is -3.67. The maximum atomic E-state index is 15.2. The fourth-order valence-corrected chi connectivity index (χ4v) is 7.70. The standard InChI is InChI=1S/C25H31F2NO4S/c1-16-23(33(31,32)24(14-28-16)17-5-3-2-4-6-17)12-18-11-22(27)20(13-21(18)26)25(15-29)9-7-19(30)8-10-25/h2-6,11,13,16,19,23-24,28-30H,7-10,12,14-15H2,1H3/t16-,19?,23?,24-,25?/m0/s1. The predicted molar refractivity (Wildman–Crippen MR) is 123 cm³/mol. The van der Waals surface area contributed by atoms with Crippen LogP contribution in [-0.4, -0.2) is 49.2 Å². The maximum absolute atomic E-state index is 15.2. The van der Waals surface area contributed by atoms with Gasteiger partial charge in [0.1, 0.15) is 11.6 Å². The van der Waals surface area contributed by atoms with Crippen LogP contribution in [0.25, 0.3) is 0 Å². The summed E-state index contributed by atoms with van der Waals surface area (Å²) in [6.07, 6.45) is 0.892. The van der Waals surface area contributed by atoms with E-state index in [1.807, 2.05) is 6.07 Å². The lowest BCUT2D eigenvalue weighted by Crippen LogP contribution is -2.53. The first-order valence-corrected chi connectivity index (χ1v) is 13.1. The van der Waals surface area contributed by atoms with Gasteiger partial charge in [0.2, 0.25) is 0 Å². The van der Waals surface area contributed by atoms with Gasteiger partial charge in [0.25, 0.3) is 0 Å². The molecule has 2 aromatic carbocycles. The molecule has 0 aromatic heterocycles. The van der Waals surface area contributed by atoms with Crippen LogP contribution in [0.4, 0.5) is 8.78 Å². The second kappa shape index (κ2) is 9.41. The molecule has 1 unspecified atom stereocenters. The molecule has 0 spiro atoms. The van der Waals surface area contributed by atoms with Gasteiger partial charge in [-0.15, -0.1) is 0 Å². The van der Waals surface area contributed by atoms with Gasteiger partial charge in [0.05, 0.1) is 23.2 Å². The average Bonchev–Trinajstić information content (AvgIpc) is 2.80. The largest absolute Gasteiger partial charge is 0.395 e. The molecule has 180 valence electrons. The van der Waals surface area contributed by atoms with Crippen molar-refractivity contribution in [1.82, 2.24) is 5.32 Å². The second-order valence-electron chi connectivity index (χ2n) is 9.52. The van der Waals surface area contributed by atoms with Gasteiger partial charge < -0.3 is 15.5 Å². The fraction of sp³-hybridized carbons (Fsp3) is 0.520. The van der Waals surface area contributed by atoms with E-state index in [0.29, 0.717) is 31.2 Å². The zero-order chi connectivity index (χ0) is 23.8. The molecule has 1 heterocycles. The van der Waals surface area contributed by atoms with Gasteiger partial charge in [-0.05, 0) is 67.9 Å². The van der Waals surface area contributed by atoms with Crippen molar-refractivity contribution >= 4 is 9.84 Å².